The lowest BCUT2D eigenvalue weighted by Gasteiger charge is -2.38. The van der Waals surface area contributed by atoms with Crippen molar-refractivity contribution in [3.05, 3.63) is 35.9 Å². The van der Waals surface area contributed by atoms with Gasteiger partial charge in [0.15, 0.2) is 0 Å². The molecule has 0 saturated carbocycles. The number of benzene rings is 1. The van der Waals surface area contributed by atoms with Gasteiger partial charge in [0, 0.05) is 12.1 Å². The maximum Gasteiger partial charge on any atom is 0.0133 e. The minimum Gasteiger partial charge on any atom is -0.328 e. The summed E-state index contributed by atoms with van der Waals surface area (Å²) in [4.78, 5) is 2.67. The fourth-order valence-corrected chi connectivity index (χ4v) is 3.23. The quantitative estimate of drug-likeness (QED) is 0.881. The van der Waals surface area contributed by atoms with Crippen LogP contribution in [0.4, 0.5) is 0 Å². The molecule has 2 atom stereocenters. The molecule has 1 aliphatic rings. The third-order valence-corrected chi connectivity index (χ3v) is 4.62. The molecule has 1 aromatic carbocycles. The molecule has 1 aliphatic heterocycles. The largest absolute Gasteiger partial charge is 0.328 e. The van der Waals surface area contributed by atoms with Crippen molar-refractivity contribution < 1.29 is 0 Å². The van der Waals surface area contributed by atoms with Gasteiger partial charge in [0.05, 0.1) is 0 Å². The van der Waals surface area contributed by atoms with E-state index in [4.69, 9.17) is 5.73 Å². The maximum absolute atomic E-state index is 6.03. The van der Waals surface area contributed by atoms with Gasteiger partial charge in [0.2, 0.25) is 0 Å². The molecule has 0 bridgehead atoms. The third kappa shape index (κ3) is 4.05. The number of rotatable bonds is 5. The van der Waals surface area contributed by atoms with Gasteiger partial charge in [-0.2, -0.15) is 0 Å². The summed E-state index contributed by atoms with van der Waals surface area (Å²) in [6, 6.07) is 11.9. The van der Waals surface area contributed by atoms with Gasteiger partial charge in [-0.15, -0.1) is 0 Å². The molecule has 0 radical (unpaired) electrons. The number of hydrogen-bond acceptors (Lipinski definition) is 2. The highest BCUT2D eigenvalue weighted by molar-refractivity contribution is 5.16. The first-order valence-corrected chi connectivity index (χ1v) is 7.74. The second-order valence-electron chi connectivity index (χ2n) is 5.98. The smallest absolute Gasteiger partial charge is 0.0133 e. The molecule has 2 heteroatoms. The highest BCUT2D eigenvalue weighted by atomic mass is 15.2. The molecule has 19 heavy (non-hydrogen) atoms. The Balaban J connectivity index is 1.89. The van der Waals surface area contributed by atoms with Gasteiger partial charge >= 0.3 is 0 Å². The highest BCUT2D eigenvalue weighted by Gasteiger charge is 2.25. The molecule has 1 fully saturated rings. The van der Waals surface area contributed by atoms with Crippen molar-refractivity contribution in [2.75, 3.05) is 13.1 Å². The third-order valence-electron chi connectivity index (χ3n) is 4.62. The molecule has 0 aliphatic carbocycles. The lowest BCUT2D eigenvalue weighted by molar-refractivity contribution is 0.121. The van der Waals surface area contributed by atoms with E-state index in [1.165, 1.54) is 44.3 Å². The first-order chi connectivity index (χ1) is 9.20. The van der Waals surface area contributed by atoms with E-state index < -0.39 is 0 Å². The molecule has 0 spiro atoms. The van der Waals surface area contributed by atoms with Gasteiger partial charge in [-0.25, -0.2) is 0 Å². The zero-order valence-corrected chi connectivity index (χ0v) is 12.4. The highest BCUT2D eigenvalue weighted by Crippen LogP contribution is 2.23. The van der Waals surface area contributed by atoms with Crippen LogP contribution in [-0.4, -0.2) is 30.1 Å². The SMILES string of the molecule is CCC(Cc1ccccc1)N1CCC(C(C)N)CC1. The molecule has 0 amide bonds. The minimum absolute atomic E-state index is 0.358. The van der Waals surface area contributed by atoms with E-state index in [0.717, 1.165) is 5.92 Å². The van der Waals surface area contributed by atoms with Gasteiger partial charge in [0.25, 0.3) is 0 Å². The first-order valence-electron chi connectivity index (χ1n) is 7.74. The number of nitrogens with two attached hydrogens (primary N) is 1. The normalized spacial score (nSPS) is 21.2. The Morgan fingerprint density at radius 1 is 1.21 bits per heavy atom. The molecule has 1 saturated heterocycles. The monoisotopic (exact) mass is 260 g/mol. The van der Waals surface area contributed by atoms with E-state index in [-0.39, 0.29) is 0 Å². The number of hydrogen-bond donors (Lipinski definition) is 1. The van der Waals surface area contributed by atoms with Crippen molar-refractivity contribution in [1.82, 2.24) is 4.90 Å². The summed E-state index contributed by atoms with van der Waals surface area (Å²) in [5, 5.41) is 0. The van der Waals surface area contributed by atoms with E-state index in [2.05, 4.69) is 49.1 Å². The fourth-order valence-electron chi connectivity index (χ4n) is 3.23. The van der Waals surface area contributed by atoms with Crippen LogP contribution in [0.2, 0.25) is 0 Å². The summed E-state index contributed by atoms with van der Waals surface area (Å²) in [5.74, 6) is 0.727. The Kier molecular flexibility index (Phi) is 5.41. The molecule has 2 rings (SSSR count). The second-order valence-corrected chi connectivity index (χ2v) is 5.98. The fraction of sp³-hybridized carbons (Fsp3) is 0.647. The van der Waals surface area contributed by atoms with Crippen molar-refractivity contribution in [1.29, 1.82) is 0 Å². The van der Waals surface area contributed by atoms with Gasteiger partial charge in [-0.05, 0) is 57.2 Å². The van der Waals surface area contributed by atoms with E-state index in [1.807, 2.05) is 0 Å². The van der Waals surface area contributed by atoms with Crippen molar-refractivity contribution in [2.45, 2.75) is 51.6 Å². The van der Waals surface area contributed by atoms with Crippen LogP contribution in [0.1, 0.15) is 38.7 Å². The molecule has 2 unspecified atom stereocenters. The van der Waals surface area contributed by atoms with Crippen molar-refractivity contribution in [2.24, 2.45) is 11.7 Å². The first kappa shape index (κ1) is 14.5. The predicted molar refractivity (Wildman–Crippen MR) is 82.2 cm³/mol. The molecular weight excluding hydrogens is 232 g/mol. The Labute approximate surface area is 118 Å². The Bertz CT molecular complexity index is 353. The van der Waals surface area contributed by atoms with E-state index in [1.54, 1.807) is 0 Å². The minimum atomic E-state index is 0.358. The second kappa shape index (κ2) is 7.06. The maximum atomic E-state index is 6.03. The van der Waals surface area contributed by atoms with E-state index in [0.29, 0.717) is 12.1 Å². The standard InChI is InChI=1S/C17H28N2/c1-3-17(13-15-7-5-4-6-8-15)19-11-9-16(10-12-19)14(2)18/h4-8,14,16-17H,3,9-13,18H2,1-2H3. The summed E-state index contributed by atoms with van der Waals surface area (Å²) in [7, 11) is 0. The van der Waals surface area contributed by atoms with Crippen LogP contribution >= 0.6 is 0 Å². The van der Waals surface area contributed by atoms with Crippen LogP contribution in [0.3, 0.4) is 0 Å². The van der Waals surface area contributed by atoms with E-state index >= 15 is 0 Å². The molecular formula is C17H28N2. The summed E-state index contributed by atoms with van der Waals surface area (Å²) >= 11 is 0. The number of likely N-dealkylation sites (tertiary alicyclic amines) is 1. The molecule has 1 heterocycles. The summed E-state index contributed by atoms with van der Waals surface area (Å²) < 4.78 is 0. The van der Waals surface area contributed by atoms with Gasteiger partial charge in [-0.3, -0.25) is 0 Å². The average molecular weight is 260 g/mol. The van der Waals surface area contributed by atoms with Crippen molar-refractivity contribution >= 4 is 0 Å². The zero-order chi connectivity index (χ0) is 13.7. The Morgan fingerprint density at radius 3 is 2.37 bits per heavy atom. The van der Waals surface area contributed by atoms with Crippen LogP contribution < -0.4 is 5.73 Å². The van der Waals surface area contributed by atoms with E-state index in [9.17, 15) is 0 Å². The molecule has 2 nitrogen and oxygen atoms in total. The average Bonchev–Trinajstić information content (AvgIpc) is 2.46. The molecule has 1 aromatic rings. The van der Waals surface area contributed by atoms with Gasteiger partial charge in [0.1, 0.15) is 0 Å². The summed E-state index contributed by atoms with van der Waals surface area (Å²) in [6.07, 6.45) is 4.95. The van der Waals surface area contributed by atoms with Gasteiger partial charge < -0.3 is 10.6 Å². The summed E-state index contributed by atoms with van der Waals surface area (Å²) in [6.45, 7) is 6.90. The summed E-state index contributed by atoms with van der Waals surface area (Å²) in [5.41, 5.74) is 7.49. The Hall–Kier alpha value is -0.860. The lowest BCUT2D eigenvalue weighted by Crippen LogP contribution is -2.45. The molecule has 2 N–H and O–H groups in total. The predicted octanol–water partition coefficient (Wildman–Crippen LogP) is 3.07. The van der Waals surface area contributed by atoms with Crippen LogP contribution in [0.5, 0.6) is 0 Å². The topological polar surface area (TPSA) is 29.3 Å². The molecule has 106 valence electrons. The lowest BCUT2D eigenvalue weighted by atomic mass is 9.89. The van der Waals surface area contributed by atoms with Gasteiger partial charge in [-0.1, -0.05) is 37.3 Å². The number of piperidine rings is 1. The molecule has 0 aromatic heterocycles. The van der Waals surface area contributed by atoms with Crippen molar-refractivity contribution in [3.8, 4) is 0 Å². The van der Waals surface area contributed by atoms with Crippen LogP contribution in [0, 0.1) is 5.92 Å². The van der Waals surface area contributed by atoms with Crippen LogP contribution in [0.15, 0.2) is 30.3 Å². The van der Waals surface area contributed by atoms with Crippen LogP contribution in [-0.2, 0) is 6.42 Å². The van der Waals surface area contributed by atoms with Crippen LogP contribution in [0.25, 0.3) is 0 Å². The van der Waals surface area contributed by atoms with Crippen molar-refractivity contribution in [3.63, 3.8) is 0 Å². The number of nitrogens with zero attached hydrogens (tertiary/aromatic N) is 1. The zero-order valence-electron chi connectivity index (χ0n) is 12.4. The Morgan fingerprint density at radius 2 is 1.84 bits per heavy atom.